The average molecular weight is 311 g/mol. The molecule has 2 aromatic carbocycles. The van der Waals surface area contributed by atoms with E-state index in [4.69, 9.17) is 10.8 Å². The van der Waals surface area contributed by atoms with Gasteiger partial charge in [-0.05, 0) is 35.6 Å². The van der Waals surface area contributed by atoms with E-state index in [-0.39, 0.29) is 6.04 Å². The molecule has 0 bridgehead atoms. The van der Waals surface area contributed by atoms with Crippen molar-refractivity contribution in [1.82, 2.24) is 0 Å². The monoisotopic (exact) mass is 311 g/mol. The van der Waals surface area contributed by atoms with Crippen LogP contribution in [0.1, 0.15) is 49.4 Å². The third-order valence-electron chi connectivity index (χ3n) is 3.35. The van der Waals surface area contributed by atoms with Crippen molar-refractivity contribution >= 4 is 12.0 Å². The number of rotatable bonds is 4. The van der Waals surface area contributed by atoms with Crippen LogP contribution >= 0.6 is 0 Å². The van der Waals surface area contributed by atoms with Crippen LogP contribution < -0.4 is 5.73 Å². The first-order valence-electron chi connectivity index (χ1n) is 7.71. The van der Waals surface area contributed by atoms with Gasteiger partial charge < -0.3 is 10.8 Å². The minimum absolute atomic E-state index is 0.145. The summed E-state index contributed by atoms with van der Waals surface area (Å²) in [6, 6.07) is 18.0. The van der Waals surface area contributed by atoms with Gasteiger partial charge >= 0.3 is 5.97 Å². The summed E-state index contributed by atoms with van der Waals surface area (Å²) in [6.07, 6.45) is 2.68. The van der Waals surface area contributed by atoms with Crippen molar-refractivity contribution < 1.29 is 9.90 Å². The summed E-state index contributed by atoms with van der Waals surface area (Å²) in [6.45, 7) is 6.39. The zero-order chi connectivity index (χ0) is 17.2. The largest absolute Gasteiger partial charge is 0.478 e. The second-order valence-electron chi connectivity index (χ2n) is 5.69. The molecule has 23 heavy (non-hydrogen) atoms. The maximum absolute atomic E-state index is 10.1. The Balaban J connectivity index is 0.000000231. The van der Waals surface area contributed by atoms with E-state index in [1.807, 2.05) is 37.3 Å². The Kier molecular flexibility index (Phi) is 7.78. The number of carbonyl (C=O) groups is 1. The zero-order valence-corrected chi connectivity index (χ0v) is 13.9. The second kappa shape index (κ2) is 9.59. The Hall–Kier alpha value is -2.39. The molecule has 0 spiro atoms. The minimum Gasteiger partial charge on any atom is -0.478 e. The van der Waals surface area contributed by atoms with E-state index >= 15 is 0 Å². The summed E-state index contributed by atoms with van der Waals surface area (Å²) >= 11 is 0. The molecule has 3 heteroatoms. The van der Waals surface area contributed by atoms with Crippen LogP contribution in [0.4, 0.5) is 0 Å². The molecule has 122 valence electrons. The molecule has 0 radical (unpaired) electrons. The van der Waals surface area contributed by atoms with Gasteiger partial charge in [0.1, 0.15) is 0 Å². The lowest BCUT2D eigenvalue weighted by Crippen LogP contribution is -2.04. The molecule has 3 N–H and O–H groups in total. The lowest BCUT2D eigenvalue weighted by Gasteiger charge is -2.08. The van der Waals surface area contributed by atoms with Crippen molar-refractivity contribution in [3.63, 3.8) is 0 Å². The maximum atomic E-state index is 10.1. The predicted octanol–water partition coefficient (Wildman–Crippen LogP) is 4.61. The average Bonchev–Trinajstić information content (AvgIpc) is 2.54. The highest BCUT2D eigenvalue weighted by Gasteiger charge is 2.00. The van der Waals surface area contributed by atoms with Crippen molar-refractivity contribution in [3.05, 3.63) is 77.4 Å². The van der Waals surface area contributed by atoms with E-state index in [0.29, 0.717) is 5.92 Å². The Bertz CT molecular complexity index is 587. The summed E-state index contributed by atoms with van der Waals surface area (Å²) in [5.41, 5.74) is 9.22. The Labute approximate surface area is 138 Å². The summed E-state index contributed by atoms with van der Waals surface area (Å²) < 4.78 is 0. The van der Waals surface area contributed by atoms with Gasteiger partial charge in [0.15, 0.2) is 0 Å². The molecular formula is C20H25NO2. The van der Waals surface area contributed by atoms with Crippen LogP contribution in [0, 0.1) is 0 Å². The van der Waals surface area contributed by atoms with Gasteiger partial charge in [-0.2, -0.15) is 0 Å². The summed E-state index contributed by atoms with van der Waals surface area (Å²) in [7, 11) is 0. The highest BCUT2D eigenvalue weighted by molar-refractivity contribution is 5.85. The molecule has 0 amide bonds. The quantitative estimate of drug-likeness (QED) is 0.810. The van der Waals surface area contributed by atoms with Crippen LogP contribution in [0.5, 0.6) is 0 Å². The molecule has 2 rings (SSSR count). The van der Waals surface area contributed by atoms with E-state index in [2.05, 4.69) is 38.1 Å². The smallest absolute Gasteiger partial charge is 0.328 e. The van der Waals surface area contributed by atoms with Crippen molar-refractivity contribution in [2.45, 2.75) is 32.7 Å². The molecule has 0 aromatic heterocycles. The molecule has 0 fully saturated rings. The molecule has 0 aliphatic rings. The Morgan fingerprint density at radius 3 is 1.91 bits per heavy atom. The van der Waals surface area contributed by atoms with Gasteiger partial charge in [-0.25, -0.2) is 4.79 Å². The summed E-state index contributed by atoms with van der Waals surface area (Å²) in [5, 5.41) is 8.29. The standard InChI is InChI=1S/C11H17N.C9H8O2/c1-8(2)10-4-6-11(7-5-10)9(3)12;10-9(11)7-6-8-4-2-1-3-5-8/h4-9H,12H2,1-3H3;1-7H,(H,10,11)/b;7-6+. The van der Waals surface area contributed by atoms with E-state index in [9.17, 15) is 4.79 Å². The molecular weight excluding hydrogens is 286 g/mol. The fraction of sp³-hybridized carbons (Fsp3) is 0.250. The van der Waals surface area contributed by atoms with Crippen LogP contribution in [0.25, 0.3) is 6.08 Å². The third kappa shape index (κ3) is 7.43. The van der Waals surface area contributed by atoms with E-state index in [1.165, 1.54) is 11.1 Å². The van der Waals surface area contributed by atoms with Crippen LogP contribution in [0.3, 0.4) is 0 Å². The molecule has 2 aromatic rings. The number of nitrogens with two attached hydrogens (primary N) is 1. The van der Waals surface area contributed by atoms with Gasteiger partial charge in [0.2, 0.25) is 0 Å². The molecule has 0 heterocycles. The second-order valence-corrected chi connectivity index (χ2v) is 5.69. The van der Waals surface area contributed by atoms with Gasteiger partial charge in [-0.3, -0.25) is 0 Å². The number of carboxylic acids is 1. The lowest BCUT2D eigenvalue weighted by atomic mass is 10.00. The Morgan fingerprint density at radius 1 is 0.957 bits per heavy atom. The SMILES string of the molecule is CC(C)c1ccc(C(C)N)cc1.O=C(O)/C=C/c1ccccc1. The first-order valence-corrected chi connectivity index (χ1v) is 7.71. The zero-order valence-electron chi connectivity index (χ0n) is 13.9. The molecule has 0 aliphatic carbocycles. The van der Waals surface area contributed by atoms with Crippen LogP contribution in [-0.2, 0) is 4.79 Å². The highest BCUT2D eigenvalue weighted by Crippen LogP contribution is 2.17. The molecule has 3 nitrogen and oxygen atoms in total. The normalized spacial score (nSPS) is 11.9. The Morgan fingerprint density at radius 2 is 1.48 bits per heavy atom. The highest BCUT2D eigenvalue weighted by atomic mass is 16.4. The van der Waals surface area contributed by atoms with Gasteiger partial charge in [-0.15, -0.1) is 0 Å². The molecule has 0 saturated heterocycles. The van der Waals surface area contributed by atoms with Crippen LogP contribution in [0.2, 0.25) is 0 Å². The van der Waals surface area contributed by atoms with E-state index in [0.717, 1.165) is 11.6 Å². The van der Waals surface area contributed by atoms with E-state index < -0.39 is 5.97 Å². The van der Waals surface area contributed by atoms with Gasteiger partial charge in [0.05, 0.1) is 0 Å². The maximum Gasteiger partial charge on any atom is 0.328 e. The number of hydrogen-bond donors (Lipinski definition) is 2. The summed E-state index contributed by atoms with van der Waals surface area (Å²) in [4.78, 5) is 10.1. The van der Waals surface area contributed by atoms with Crippen molar-refractivity contribution in [2.75, 3.05) is 0 Å². The van der Waals surface area contributed by atoms with Gasteiger partial charge in [-0.1, -0.05) is 68.4 Å². The first kappa shape index (κ1) is 18.7. The predicted molar refractivity (Wildman–Crippen MR) is 96.2 cm³/mol. The first-order chi connectivity index (χ1) is 10.9. The van der Waals surface area contributed by atoms with Crippen LogP contribution in [-0.4, -0.2) is 11.1 Å². The molecule has 0 aliphatic heterocycles. The summed E-state index contributed by atoms with van der Waals surface area (Å²) in [5.74, 6) is -0.319. The van der Waals surface area contributed by atoms with Gasteiger partial charge in [0, 0.05) is 12.1 Å². The number of hydrogen-bond acceptors (Lipinski definition) is 2. The number of benzene rings is 2. The third-order valence-corrected chi connectivity index (χ3v) is 3.35. The molecule has 1 unspecified atom stereocenters. The van der Waals surface area contributed by atoms with E-state index in [1.54, 1.807) is 6.08 Å². The van der Waals surface area contributed by atoms with Crippen molar-refractivity contribution in [1.29, 1.82) is 0 Å². The molecule has 1 atom stereocenters. The fourth-order valence-corrected chi connectivity index (χ4v) is 1.92. The number of aliphatic carboxylic acids is 1. The van der Waals surface area contributed by atoms with Crippen molar-refractivity contribution in [3.8, 4) is 0 Å². The fourth-order valence-electron chi connectivity index (χ4n) is 1.92. The number of carboxylic acid groups (broad SMARTS) is 1. The lowest BCUT2D eigenvalue weighted by molar-refractivity contribution is -0.131. The van der Waals surface area contributed by atoms with Crippen LogP contribution in [0.15, 0.2) is 60.7 Å². The van der Waals surface area contributed by atoms with Gasteiger partial charge in [0.25, 0.3) is 0 Å². The van der Waals surface area contributed by atoms with Crippen molar-refractivity contribution in [2.24, 2.45) is 5.73 Å². The minimum atomic E-state index is -0.922. The topological polar surface area (TPSA) is 63.3 Å². The molecule has 0 saturated carbocycles.